The zero-order chi connectivity index (χ0) is 11.9. The molecule has 16 heavy (non-hydrogen) atoms. The first-order valence-corrected chi connectivity index (χ1v) is 5.67. The minimum atomic E-state index is -0.330. The van der Waals surface area contributed by atoms with Crippen molar-refractivity contribution in [3.8, 4) is 0 Å². The van der Waals surface area contributed by atoms with Gasteiger partial charge in [0.1, 0.15) is 13.2 Å². The number of ether oxygens (including phenoxy) is 1. The first-order valence-electron chi connectivity index (χ1n) is 5.67. The van der Waals surface area contributed by atoms with Crippen LogP contribution in [0.1, 0.15) is 27.7 Å². The second-order valence-corrected chi connectivity index (χ2v) is 4.04. The molecular formula is C12H24BrNO2. The summed E-state index contributed by atoms with van der Waals surface area (Å²) in [4.78, 5) is 10.9. The number of likely N-dealkylation sites (N-methyl/N-ethyl adjacent to an activating group) is 1. The van der Waals surface area contributed by atoms with Crippen molar-refractivity contribution in [3.63, 3.8) is 0 Å². The monoisotopic (exact) mass is 293 g/mol. The molecule has 0 aromatic carbocycles. The van der Waals surface area contributed by atoms with Crippen molar-refractivity contribution >= 4 is 5.97 Å². The Labute approximate surface area is 110 Å². The minimum absolute atomic E-state index is 0. The van der Waals surface area contributed by atoms with Crippen molar-refractivity contribution in [3.05, 3.63) is 12.7 Å². The van der Waals surface area contributed by atoms with E-state index < -0.39 is 0 Å². The third-order valence-corrected chi connectivity index (χ3v) is 3.30. The van der Waals surface area contributed by atoms with E-state index in [1.165, 1.54) is 6.08 Å². The molecule has 0 rings (SSSR count). The van der Waals surface area contributed by atoms with Crippen molar-refractivity contribution in [2.24, 2.45) is 0 Å². The van der Waals surface area contributed by atoms with Gasteiger partial charge in [0.25, 0.3) is 0 Å². The topological polar surface area (TPSA) is 26.3 Å². The van der Waals surface area contributed by atoms with Crippen LogP contribution in [0.2, 0.25) is 0 Å². The van der Waals surface area contributed by atoms with E-state index in [0.29, 0.717) is 12.6 Å². The Kier molecular flexibility index (Phi) is 9.87. The van der Waals surface area contributed by atoms with Crippen LogP contribution in [0.25, 0.3) is 0 Å². The zero-order valence-corrected chi connectivity index (χ0v) is 12.4. The summed E-state index contributed by atoms with van der Waals surface area (Å²) in [5.74, 6) is -0.330. The molecule has 0 saturated heterocycles. The lowest BCUT2D eigenvalue weighted by atomic mass is 10.2. The summed E-state index contributed by atoms with van der Waals surface area (Å²) >= 11 is 0. The minimum Gasteiger partial charge on any atom is -1.00 e. The van der Waals surface area contributed by atoms with Crippen LogP contribution in [-0.2, 0) is 9.53 Å². The number of carbonyl (C=O) groups is 1. The maximum atomic E-state index is 10.9. The van der Waals surface area contributed by atoms with Crippen LogP contribution in [-0.4, -0.2) is 42.7 Å². The average molecular weight is 294 g/mol. The van der Waals surface area contributed by atoms with E-state index in [2.05, 4.69) is 34.3 Å². The van der Waals surface area contributed by atoms with Crippen LogP contribution in [0.4, 0.5) is 0 Å². The van der Waals surface area contributed by atoms with Crippen LogP contribution in [0.15, 0.2) is 12.7 Å². The van der Waals surface area contributed by atoms with Crippen molar-refractivity contribution in [1.82, 2.24) is 0 Å². The van der Waals surface area contributed by atoms with E-state index in [1.807, 2.05) is 0 Å². The number of esters is 1. The molecule has 3 nitrogen and oxygen atoms in total. The van der Waals surface area contributed by atoms with E-state index >= 15 is 0 Å². The molecule has 96 valence electrons. The molecule has 0 heterocycles. The molecule has 4 heteroatoms. The predicted octanol–water partition coefficient (Wildman–Crippen LogP) is -1.02. The highest BCUT2D eigenvalue weighted by Gasteiger charge is 2.27. The predicted molar refractivity (Wildman–Crippen MR) is 62.5 cm³/mol. The lowest BCUT2D eigenvalue weighted by Crippen LogP contribution is -3.00. The van der Waals surface area contributed by atoms with Crippen LogP contribution >= 0.6 is 0 Å². The van der Waals surface area contributed by atoms with Crippen LogP contribution in [0.3, 0.4) is 0 Å². The summed E-state index contributed by atoms with van der Waals surface area (Å²) < 4.78 is 6.02. The van der Waals surface area contributed by atoms with Gasteiger partial charge in [0.2, 0.25) is 0 Å². The smallest absolute Gasteiger partial charge is 0.330 e. The van der Waals surface area contributed by atoms with Gasteiger partial charge in [-0.15, -0.1) is 0 Å². The molecule has 0 amide bonds. The van der Waals surface area contributed by atoms with Gasteiger partial charge in [-0.05, 0) is 27.7 Å². The molecule has 0 atom stereocenters. The van der Waals surface area contributed by atoms with Gasteiger partial charge >= 0.3 is 5.97 Å². The molecule has 0 aromatic rings. The Morgan fingerprint density at radius 2 is 1.88 bits per heavy atom. The molecule has 0 aromatic heterocycles. The van der Waals surface area contributed by atoms with Gasteiger partial charge in [0, 0.05) is 6.08 Å². The largest absolute Gasteiger partial charge is 1.00 e. The van der Waals surface area contributed by atoms with E-state index in [0.717, 1.165) is 24.1 Å². The van der Waals surface area contributed by atoms with E-state index in [4.69, 9.17) is 4.74 Å². The van der Waals surface area contributed by atoms with Crippen molar-refractivity contribution < 1.29 is 31.0 Å². The number of hydrogen-bond donors (Lipinski definition) is 0. The third kappa shape index (κ3) is 5.12. The number of quaternary nitrogens is 1. The van der Waals surface area contributed by atoms with Gasteiger partial charge in [-0.2, -0.15) is 0 Å². The van der Waals surface area contributed by atoms with Gasteiger partial charge in [0.15, 0.2) is 0 Å². The lowest BCUT2D eigenvalue weighted by Gasteiger charge is -2.40. The molecule has 0 radical (unpaired) electrons. The summed E-state index contributed by atoms with van der Waals surface area (Å²) in [6, 6.07) is 0.558. The maximum Gasteiger partial charge on any atom is 0.330 e. The van der Waals surface area contributed by atoms with Crippen molar-refractivity contribution in [1.29, 1.82) is 0 Å². The lowest BCUT2D eigenvalue weighted by molar-refractivity contribution is -0.944. The second kappa shape index (κ2) is 8.76. The zero-order valence-electron chi connectivity index (χ0n) is 10.8. The van der Waals surface area contributed by atoms with E-state index in [-0.39, 0.29) is 23.0 Å². The highest BCUT2D eigenvalue weighted by Crippen LogP contribution is 2.12. The normalized spacial score (nSPS) is 10.8. The number of halogens is 1. The summed E-state index contributed by atoms with van der Waals surface area (Å²) in [5.41, 5.74) is 0. The fourth-order valence-corrected chi connectivity index (χ4v) is 1.92. The van der Waals surface area contributed by atoms with Crippen LogP contribution in [0.5, 0.6) is 0 Å². The third-order valence-electron chi connectivity index (χ3n) is 3.30. The fourth-order valence-electron chi connectivity index (χ4n) is 1.92. The summed E-state index contributed by atoms with van der Waals surface area (Å²) in [6.07, 6.45) is 1.21. The highest BCUT2D eigenvalue weighted by atomic mass is 79.9. The number of carbonyl (C=O) groups excluding carboxylic acids is 1. The van der Waals surface area contributed by atoms with Gasteiger partial charge in [0.05, 0.1) is 19.1 Å². The molecule has 0 aliphatic carbocycles. The number of hydrogen-bond acceptors (Lipinski definition) is 2. The van der Waals surface area contributed by atoms with Crippen molar-refractivity contribution in [2.45, 2.75) is 33.7 Å². The number of rotatable bonds is 7. The Balaban J connectivity index is 0. The van der Waals surface area contributed by atoms with Gasteiger partial charge in [-0.1, -0.05) is 6.58 Å². The number of nitrogens with zero attached hydrogens (tertiary/aromatic N) is 1. The first-order chi connectivity index (χ1) is 7.02. The van der Waals surface area contributed by atoms with Crippen LogP contribution in [0, 0.1) is 0 Å². The fraction of sp³-hybridized carbons (Fsp3) is 0.750. The van der Waals surface area contributed by atoms with Gasteiger partial charge < -0.3 is 26.2 Å². The standard InChI is InChI=1S/C12H24NO2.BrH/c1-6-12(14)15-10-9-13(7-2,8-3)11(4)5;/h6,11H,1,7-10H2,2-5H3;1H/q+1;/p-1. The van der Waals surface area contributed by atoms with E-state index in [9.17, 15) is 4.79 Å². The molecule has 0 spiro atoms. The quantitative estimate of drug-likeness (QED) is 0.341. The Morgan fingerprint density at radius 3 is 2.19 bits per heavy atom. The second-order valence-electron chi connectivity index (χ2n) is 4.04. The van der Waals surface area contributed by atoms with Crippen LogP contribution < -0.4 is 17.0 Å². The molecule has 0 aliphatic heterocycles. The molecule has 0 unspecified atom stereocenters. The molecule has 0 N–H and O–H groups in total. The summed E-state index contributed by atoms with van der Waals surface area (Å²) in [5, 5.41) is 0. The average Bonchev–Trinajstić information content (AvgIpc) is 2.24. The maximum absolute atomic E-state index is 10.9. The Hall–Kier alpha value is -0.350. The molecule has 0 saturated carbocycles. The first kappa shape index (κ1) is 18.0. The SMILES string of the molecule is C=CC(=O)OCC[N+](CC)(CC)C(C)C.[Br-]. The van der Waals surface area contributed by atoms with Gasteiger partial charge in [-0.25, -0.2) is 4.79 Å². The summed E-state index contributed by atoms with van der Waals surface area (Å²) in [6.45, 7) is 15.6. The molecular weight excluding hydrogens is 270 g/mol. The summed E-state index contributed by atoms with van der Waals surface area (Å²) in [7, 11) is 0. The Bertz CT molecular complexity index is 213. The molecule has 0 fully saturated rings. The van der Waals surface area contributed by atoms with E-state index in [1.54, 1.807) is 0 Å². The van der Waals surface area contributed by atoms with Crippen molar-refractivity contribution in [2.75, 3.05) is 26.2 Å². The van der Waals surface area contributed by atoms with Gasteiger partial charge in [-0.3, -0.25) is 0 Å². The Morgan fingerprint density at radius 1 is 1.38 bits per heavy atom. The molecule has 0 bridgehead atoms. The molecule has 0 aliphatic rings. The highest BCUT2D eigenvalue weighted by molar-refractivity contribution is 5.81.